The Kier molecular flexibility index (Phi) is 6.40. The van der Waals surface area contributed by atoms with Crippen LogP contribution in [0.3, 0.4) is 0 Å². The Bertz CT molecular complexity index is 1460. The van der Waals surface area contributed by atoms with Crippen molar-refractivity contribution in [3.8, 4) is 40.6 Å². The van der Waals surface area contributed by atoms with Crippen molar-refractivity contribution in [3.63, 3.8) is 0 Å². The van der Waals surface area contributed by atoms with Gasteiger partial charge in [0.1, 0.15) is 17.4 Å². The van der Waals surface area contributed by atoms with E-state index in [1.165, 1.54) is 44.1 Å². The fraction of sp³-hybridized carbons (Fsp3) is 0.231. The molecule has 4 N–H and O–H groups in total. The lowest BCUT2D eigenvalue weighted by atomic mass is 9.84. The summed E-state index contributed by atoms with van der Waals surface area (Å²) in [4.78, 5) is 13.9. The smallest absolute Gasteiger partial charge is 0.259 e. The Morgan fingerprint density at radius 3 is 2.28 bits per heavy atom. The van der Waals surface area contributed by atoms with Crippen LogP contribution in [0.25, 0.3) is 0 Å². The van der Waals surface area contributed by atoms with E-state index in [9.17, 15) is 20.3 Å². The molecule has 0 spiro atoms. The number of hydrogen-bond acceptors (Lipinski definition) is 9. The van der Waals surface area contributed by atoms with Gasteiger partial charge in [0.2, 0.25) is 11.6 Å². The third-order valence-electron chi connectivity index (χ3n) is 6.09. The van der Waals surface area contributed by atoms with Gasteiger partial charge >= 0.3 is 0 Å². The molecule has 1 atom stereocenters. The molecular weight excluding hydrogens is 466 g/mol. The van der Waals surface area contributed by atoms with E-state index in [-0.39, 0.29) is 40.8 Å². The fourth-order valence-electron chi connectivity index (χ4n) is 4.35. The molecule has 0 saturated carbocycles. The minimum atomic E-state index is -0.912. The summed E-state index contributed by atoms with van der Waals surface area (Å²) in [5.74, 6) is -0.233. The first-order valence-corrected chi connectivity index (χ1v) is 10.9. The van der Waals surface area contributed by atoms with E-state index in [1.807, 2.05) is 6.07 Å². The number of nitrogens with zero attached hydrogens (tertiary/aromatic N) is 2. The zero-order chi connectivity index (χ0) is 26.1. The second-order valence-electron chi connectivity index (χ2n) is 8.16. The quantitative estimate of drug-likeness (QED) is 0.442. The molecule has 0 amide bonds. The van der Waals surface area contributed by atoms with Gasteiger partial charge in [0.05, 0.1) is 39.4 Å². The van der Waals surface area contributed by atoms with Gasteiger partial charge in [-0.05, 0) is 42.3 Å². The SMILES string of the molecule is COc1cc(Cn2c(C)cc3c(c2=O)C(c2ccc(O)c(O)c2)C(C#N)=C(N)O3)cc(OC)c1OC. The van der Waals surface area contributed by atoms with Crippen molar-refractivity contribution < 1.29 is 29.2 Å². The number of ether oxygens (including phenoxy) is 4. The van der Waals surface area contributed by atoms with Crippen LogP contribution in [0.5, 0.6) is 34.5 Å². The lowest BCUT2D eigenvalue weighted by molar-refractivity contribution is 0.323. The predicted octanol–water partition coefficient (Wildman–Crippen LogP) is 2.86. The highest BCUT2D eigenvalue weighted by Gasteiger charge is 2.35. The van der Waals surface area contributed by atoms with Crippen molar-refractivity contribution in [3.05, 3.63) is 80.6 Å². The zero-order valence-electron chi connectivity index (χ0n) is 20.2. The summed E-state index contributed by atoms with van der Waals surface area (Å²) >= 11 is 0. The van der Waals surface area contributed by atoms with Crippen molar-refractivity contribution >= 4 is 0 Å². The van der Waals surface area contributed by atoms with Gasteiger partial charge in [-0.25, -0.2) is 0 Å². The maximum atomic E-state index is 13.9. The second-order valence-corrected chi connectivity index (χ2v) is 8.16. The number of fused-ring (bicyclic) bond motifs is 1. The number of rotatable bonds is 6. The van der Waals surface area contributed by atoms with Gasteiger partial charge in [-0.15, -0.1) is 0 Å². The van der Waals surface area contributed by atoms with E-state index in [0.29, 0.717) is 34.1 Å². The summed E-state index contributed by atoms with van der Waals surface area (Å²) in [6.07, 6.45) is 0. The summed E-state index contributed by atoms with van der Waals surface area (Å²) in [6, 6.07) is 11.3. The summed E-state index contributed by atoms with van der Waals surface area (Å²) in [7, 11) is 4.52. The molecule has 2 heterocycles. The molecule has 0 aliphatic carbocycles. The van der Waals surface area contributed by atoms with Crippen LogP contribution in [0.4, 0.5) is 0 Å². The first kappa shape index (κ1) is 24.3. The molecule has 0 bridgehead atoms. The number of aromatic hydroxyl groups is 2. The molecule has 4 rings (SSSR count). The van der Waals surface area contributed by atoms with E-state index < -0.39 is 11.5 Å². The topological polar surface area (TPSA) is 149 Å². The van der Waals surface area contributed by atoms with Crippen molar-refractivity contribution in [1.82, 2.24) is 4.57 Å². The van der Waals surface area contributed by atoms with Crippen LogP contribution < -0.4 is 30.2 Å². The Labute approximate surface area is 207 Å². The zero-order valence-corrected chi connectivity index (χ0v) is 20.2. The van der Waals surface area contributed by atoms with Gasteiger partial charge in [0.15, 0.2) is 23.0 Å². The largest absolute Gasteiger partial charge is 0.504 e. The minimum absolute atomic E-state index is 0.0212. The summed E-state index contributed by atoms with van der Waals surface area (Å²) < 4.78 is 23.4. The van der Waals surface area contributed by atoms with Crippen molar-refractivity contribution in [2.75, 3.05) is 21.3 Å². The highest BCUT2D eigenvalue weighted by molar-refractivity contribution is 5.58. The molecule has 0 fully saturated rings. The van der Waals surface area contributed by atoms with Crippen LogP contribution in [0, 0.1) is 18.3 Å². The molecule has 10 nitrogen and oxygen atoms in total. The summed E-state index contributed by atoms with van der Waals surface area (Å²) in [5.41, 5.74) is 7.52. The molecule has 186 valence electrons. The molecule has 0 saturated heterocycles. The van der Waals surface area contributed by atoms with Crippen LogP contribution in [0.2, 0.25) is 0 Å². The highest BCUT2D eigenvalue weighted by atomic mass is 16.5. The lowest BCUT2D eigenvalue weighted by Gasteiger charge is -2.27. The van der Waals surface area contributed by atoms with E-state index >= 15 is 0 Å². The number of aryl methyl sites for hydroxylation is 1. The van der Waals surface area contributed by atoms with Gasteiger partial charge in [0.25, 0.3) is 5.56 Å². The number of nitrogens with two attached hydrogens (primary N) is 1. The van der Waals surface area contributed by atoms with E-state index in [1.54, 1.807) is 25.1 Å². The molecule has 36 heavy (non-hydrogen) atoms. The number of hydrogen-bond donors (Lipinski definition) is 3. The second kappa shape index (κ2) is 9.46. The van der Waals surface area contributed by atoms with Gasteiger partial charge in [-0.2, -0.15) is 5.26 Å². The molecule has 1 aliphatic heterocycles. The molecule has 1 aliphatic rings. The van der Waals surface area contributed by atoms with E-state index in [2.05, 4.69) is 0 Å². The third-order valence-corrected chi connectivity index (χ3v) is 6.09. The fourth-order valence-corrected chi connectivity index (χ4v) is 4.35. The number of methoxy groups -OCH3 is 3. The number of aromatic nitrogens is 1. The highest BCUT2D eigenvalue weighted by Crippen LogP contribution is 2.43. The van der Waals surface area contributed by atoms with Crippen LogP contribution >= 0.6 is 0 Å². The number of allylic oxidation sites excluding steroid dienone is 1. The molecule has 2 aromatic carbocycles. The van der Waals surface area contributed by atoms with Crippen molar-refractivity contribution in [2.24, 2.45) is 5.73 Å². The molecule has 1 aromatic heterocycles. The van der Waals surface area contributed by atoms with Gasteiger partial charge in [0, 0.05) is 11.8 Å². The van der Waals surface area contributed by atoms with Gasteiger partial charge in [-0.3, -0.25) is 4.79 Å². The molecule has 3 aromatic rings. The predicted molar refractivity (Wildman–Crippen MR) is 130 cm³/mol. The monoisotopic (exact) mass is 491 g/mol. The summed E-state index contributed by atoms with van der Waals surface area (Å²) in [6.45, 7) is 1.91. The number of phenolic OH excluding ortho intramolecular Hbond substituents is 2. The maximum Gasteiger partial charge on any atom is 0.259 e. The number of benzene rings is 2. The van der Waals surface area contributed by atoms with Crippen LogP contribution in [0.15, 0.2) is 52.6 Å². The molecule has 1 unspecified atom stereocenters. The first-order valence-electron chi connectivity index (χ1n) is 10.9. The number of pyridine rings is 1. The van der Waals surface area contributed by atoms with Crippen molar-refractivity contribution in [1.29, 1.82) is 5.26 Å². The first-order chi connectivity index (χ1) is 17.2. The van der Waals surface area contributed by atoms with Gasteiger partial charge in [-0.1, -0.05) is 6.07 Å². The summed E-state index contributed by atoms with van der Waals surface area (Å²) in [5, 5.41) is 29.7. The van der Waals surface area contributed by atoms with Crippen LogP contribution in [-0.2, 0) is 6.54 Å². The normalized spacial score (nSPS) is 14.5. The minimum Gasteiger partial charge on any atom is -0.504 e. The molecular formula is C26H25N3O7. The lowest BCUT2D eigenvalue weighted by Crippen LogP contribution is -2.33. The average molecular weight is 492 g/mol. The standard InChI is InChI=1S/C26H25N3O7/c1-13-7-19-23(22(16(11-27)25(28)36-19)15-5-6-17(30)18(31)10-15)26(32)29(13)12-14-8-20(33-2)24(35-4)21(9-14)34-3/h5-10,22,30-31H,12,28H2,1-4H3. The third kappa shape index (κ3) is 4.01. The average Bonchev–Trinajstić information content (AvgIpc) is 2.86. The Morgan fingerprint density at radius 2 is 1.72 bits per heavy atom. The number of nitriles is 1. The number of phenols is 2. The maximum absolute atomic E-state index is 13.9. The van der Waals surface area contributed by atoms with Gasteiger partial charge < -0.3 is 39.5 Å². The Morgan fingerprint density at radius 1 is 1.06 bits per heavy atom. The van der Waals surface area contributed by atoms with Crippen LogP contribution in [0.1, 0.15) is 28.3 Å². The Balaban J connectivity index is 1.90. The molecule has 10 heteroatoms. The Hall–Kier alpha value is -4.78. The van der Waals surface area contributed by atoms with E-state index in [4.69, 9.17) is 24.7 Å². The van der Waals surface area contributed by atoms with E-state index in [0.717, 1.165) is 0 Å². The van der Waals surface area contributed by atoms with Crippen LogP contribution in [-0.4, -0.2) is 36.1 Å². The van der Waals surface area contributed by atoms with Crippen molar-refractivity contribution in [2.45, 2.75) is 19.4 Å². The molecule has 0 radical (unpaired) electrons.